The van der Waals surface area contributed by atoms with E-state index in [4.69, 9.17) is 5.73 Å². The van der Waals surface area contributed by atoms with Crippen LogP contribution in [0.1, 0.15) is 30.0 Å². The number of halogens is 3. The maximum absolute atomic E-state index is 12.4. The molecule has 2 N–H and O–H groups in total. The van der Waals surface area contributed by atoms with Crippen LogP contribution < -0.4 is 5.73 Å². The fourth-order valence-electron chi connectivity index (χ4n) is 1.65. The Bertz CT molecular complexity index is 355. The van der Waals surface area contributed by atoms with E-state index in [2.05, 4.69) is 0 Å². The molecule has 4 heteroatoms. The molecule has 0 aliphatic heterocycles. The molecule has 1 atom stereocenters. The first-order chi connectivity index (χ1) is 6.98. The predicted molar refractivity (Wildman–Crippen MR) is 51.1 cm³/mol. The maximum Gasteiger partial charge on any atom is 0.416 e. The van der Waals surface area contributed by atoms with E-state index >= 15 is 0 Å². The first-order valence-corrected chi connectivity index (χ1v) is 4.91. The van der Waals surface area contributed by atoms with Crippen LogP contribution in [-0.2, 0) is 6.18 Å². The largest absolute Gasteiger partial charge is 0.416 e. The Morgan fingerprint density at radius 3 is 2.47 bits per heavy atom. The average molecular weight is 215 g/mol. The van der Waals surface area contributed by atoms with Gasteiger partial charge in [0.2, 0.25) is 0 Å². The van der Waals surface area contributed by atoms with Crippen molar-refractivity contribution in [3.05, 3.63) is 35.4 Å². The summed E-state index contributed by atoms with van der Waals surface area (Å²) in [5, 5.41) is 0. The van der Waals surface area contributed by atoms with Crippen LogP contribution in [0.4, 0.5) is 13.2 Å². The topological polar surface area (TPSA) is 26.0 Å². The lowest BCUT2D eigenvalue weighted by Crippen LogP contribution is -2.14. The van der Waals surface area contributed by atoms with Crippen LogP contribution in [-0.4, -0.2) is 0 Å². The van der Waals surface area contributed by atoms with Crippen molar-refractivity contribution >= 4 is 0 Å². The highest BCUT2D eigenvalue weighted by Gasteiger charge is 2.33. The summed E-state index contributed by atoms with van der Waals surface area (Å²) in [6, 6.07) is 5.07. The van der Waals surface area contributed by atoms with E-state index in [1.165, 1.54) is 6.07 Å². The van der Waals surface area contributed by atoms with Gasteiger partial charge in [-0.2, -0.15) is 13.2 Å². The molecular weight excluding hydrogens is 203 g/mol. The molecule has 0 spiro atoms. The van der Waals surface area contributed by atoms with E-state index in [0.29, 0.717) is 11.5 Å². The van der Waals surface area contributed by atoms with Crippen molar-refractivity contribution in [3.63, 3.8) is 0 Å². The van der Waals surface area contributed by atoms with Crippen molar-refractivity contribution in [3.8, 4) is 0 Å². The van der Waals surface area contributed by atoms with Crippen LogP contribution >= 0.6 is 0 Å². The van der Waals surface area contributed by atoms with Gasteiger partial charge in [0.1, 0.15) is 0 Å². The van der Waals surface area contributed by atoms with E-state index in [9.17, 15) is 13.2 Å². The molecule has 1 aromatic carbocycles. The van der Waals surface area contributed by atoms with Crippen LogP contribution in [0.25, 0.3) is 0 Å². The zero-order chi connectivity index (χ0) is 11.1. The smallest absolute Gasteiger partial charge is 0.324 e. The van der Waals surface area contributed by atoms with Crippen molar-refractivity contribution in [1.29, 1.82) is 0 Å². The molecule has 1 aliphatic carbocycles. The van der Waals surface area contributed by atoms with Crippen molar-refractivity contribution in [2.75, 3.05) is 0 Å². The molecule has 0 amide bonds. The molecule has 1 nitrogen and oxygen atoms in total. The summed E-state index contributed by atoms with van der Waals surface area (Å²) in [5.41, 5.74) is 5.82. The van der Waals surface area contributed by atoms with Crippen LogP contribution in [0.5, 0.6) is 0 Å². The molecule has 0 heterocycles. The summed E-state index contributed by atoms with van der Waals surface area (Å²) in [4.78, 5) is 0. The average Bonchev–Trinajstić information content (AvgIpc) is 2.99. The highest BCUT2D eigenvalue weighted by Crippen LogP contribution is 2.40. The Hall–Kier alpha value is -1.03. The number of benzene rings is 1. The monoisotopic (exact) mass is 215 g/mol. The molecule has 0 unspecified atom stereocenters. The number of hydrogen-bond acceptors (Lipinski definition) is 1. The summed E-state index contributed by atoms with van der Waals surface area (Å²) in [5.74, 6) is 0.369. The lowest BCUT2D eigenvalue weighted by atomic mass is 10.0. The third-order valence-electron chi connectivity index (χ3n) is 2.73. The van der Waals surface area contributed by atoms with Gasteiger partial charge in [-0.15, -0.1) is 0 Å². The van der Waals surface area contributed by atoms with Gasteiger partial charge in [-0.3, -0.25) is 0 Å². The van der Waals surface area contributed by atoms with Crippen LogP contribution in [0, 0.1) is 5.92 Å². The lowest BCUT2D eigenvalue weighted by Gasteiger charge is -2.13. The van der Waals surface area contributed by atoms with Crippen LogP contribution in [0.2, 0.25) is 0 Å². The van der Waals surface area contributed by atoms with Crippen molar-refractivity contribution in [1.82, 2.24) is 0 Å². The van der Waals surface area contributed by atoms with Crippen molar-refractivity contribution in [2.24, 2.45) is 11.7 Å². The first kappa shape index (κ1) is 10.5. The Balaban J connectivity index is 2.25. The van der Waals surface area contributed by atoms with Gasteiger partial charge in [-0.05, 0) is 36.5 Å². The molecule has 0 saturated heterocycles. The number of alkyl halides is 3. The van der Waals surface area contributed by atoms with Crippen molar-refractivity contribution < 1.29 is 13.2 Å². The fraction of sp³-hybridized carbons (Fsp3) is 0.455. The normalized spacial score (nSPS) is 18.9. The molecule has 1 fully saturated rings. The maximum atomic E-state index is 12.4. The summed E-state index contributed by atoms with van der Waals surface area (Å²) in [6.45, 7) is 0. The van der Waals surface area contributed by atoms with Gasteiger partial charge in [0, 0.05) is 6.04 Å². The molecule has 82 valence electrons. The van der Waals surface area contributed by atoms with E-state index < -0.39 is 11.7 Å². The minimum Gasteiger partial charge on any atom is -0.324 e. The summed E-state index contributed by atoms with van der Waals surface area (Å²) < 4.78 is 37.2. The Kier molecular flexibility index (Phi) is 2.46. The van der Waals surface area contributed by atoms with Gasteiger partial charge in [-0.25, -0.2) is 0 Å². The van der Waals surface area contributed by atoms with E-state index in [0.717, 1.165) is 25.0 Å². The minimum absolute atomic E-state index is 0.243. The summed E-state index contributed by atoms with van der Waals surface area (Å²) in [7, 11) is 0. The Morgan fingerprint density at radius 1 is 1.27 bits per heavy atom. The van der Waals surface area contributed by atoms with Gasteiger partial charge in [0.05, 0.1) is 5.56 Å². The summed E-state index contributed by atoms with van der Waals surface area (Å²) >= 11 is 0. The molecular formula is C11H12F3N. The third-order valence-corrected chi connectivity index (χ3v) is 2.73. The van der Waals surface area contributed by atoms with Gasteiger partial charge in [0.15, 0.2) is 0 Å². The van der Waals surface area contributed by atoms with E-state index in [1.54, 1.807) is 6.07 Å². The van der Waals surface area contributed by atoms with Crippen LogP contribution in [0.3, 0.4) is 0 Å². The standard InChI is InChI=1S/C11H12F3N/c12-11(13,14)9-3-1-2-8(6-9)10(15)7-4-5-7/h1-3,6-7,10H,4-5,15H2/t10-/m1/s1. The Morgan fingerprint density at radius 2 is 1.93 bits per heavy atom. The highest BCUT2D eigenvalue weighted by molar-refractivity contribution is 5.28. The highest BCUT2D eigenvalue weighted by atomic mass is 19.4. The van der Waals surface area contributed by atoms with Gasteiger partial charge in [0.25, 0.3) is 0 Å². The number of nitrogens with two attached hydrogens (primary N) is 1. The second kappa shape index (κ2) is 3.52. The molecule has 2 rings (SSSR count). The first-order valence-electron chi connectivity index (χ1n) is 4.91. The van der Waals surface area contributed by atoms with Crippen LogP contribution in [0.15, 0.2) is 24.3 Å². The van der Waals surface area contributed by atoms with E-state index in [1.807, 2.05) is 0 Å². The summed E-state index contributed by atoms with van der Waals surface area (Å²) in [6.07, 6.45) is -2.23. The van der Waals surface area contributed by atoms with Gasteiger partial charge >= 0.3 is 6.18 Å². The molecule has 0 radical (unpaired) electrons. The molecule has 0 bridgehead atoms. The predicted octanol–water partition coefficient (Wildman–Crippen LogP) is 3.12. The molecule has 1 aliphatic rings. The fourth-order valence-corrected chi connectivity index (χ4v) is 1.65. The molecule has 15 heavy (non-hydrogen) atoms. The van der Waals surface area contributed by atoms with Crippen molar-refractivity contribution in [2.45, 2.75) is 25.1 Å². The second-order valence-electron chi connectivity index (χ2n) is 3.99. The van der Waals surface area contributed by atoms with Gasteiger partial charge < -0.3 is 5.73 Å². The van der Waals surface area contributed by atoms with Gasteiger partial charge in [-0.1, -0.05) is 12.1 Å². The molecule has 1 saturated carbocycles. The zero-order valence-corrected chi connectivity index (χ0v) is 8.09. The third kappa shape index (κ3) is 2.31. The SMILES string of the molecule is N[C@@H](c1cccc(C(F)(F)F)c1)C1CC1. The number of rotatable bonds is 2. The molecule has 1 aromatic rings. The zero-order valence-electron chi connectivity index (χ0n) is 8.09. The minimum atomic E-state index is -4.28. The Labute approximate surface area is 86.1 Å². The quantitative estimate of drug-likeness (QED) is 0.805. The number of hydrogen-bond donors (Lipinski definition) is 1. The molecule has 0 aromatic heterocycles. The lowest BCUT2D eigenvalue weighted by molar-refractivity contribution is -0.137. The second-order valence-corrected chi connectivity index (χ2v) is 3.99. The van der Waals surface area contributed by atoms with E-state index in [-0.39, 0.29) is 6.04 Å².